The zero-order valence-corrected chi connectivity index (χ0v) is 9.99. The number of anilines is 1. The van der Waals surface area contributed by atoms with E-state index in [0.29, 0.717) is 6.54 Å². The lowest BCUT2D eigenvalue weighted by atomic mass is 9.86. The summed E-state index contributed by atoms with van der Waals surface area (Å²) in [6.45, 7) is 3.03. The van der Waals surface area contributed by atoms with Crippen molar-refractivity contribution in [3.05, 3.63) is 29.8 Å². The average molecular weight is 234 g/mol. The molecule has 0 bridgehead atoms. The molecule has 17 heavy (non-hydrogen) atoms. The van der Waals surface area contributed by atoms with E-state index in [9.17, 15) is 9.90 Å². The zero-order valence-electron chi connectivity index (χ0n) is 9.99. The minimum Gasteiger partial charge on any atom is -0.384 e. The molecular formula is C13H18N2O2. The van der Waals surface area contributed by atoms with E-state index in [1.165, 1.54) is 6.92 Å². The highest BCUT2D eigenvalue weighted by molar-refractivity contribution is 5.88. The third kappa shape index (κ3) is 2.84. The van der Waals surface area contributed by atoms with Gasteiger partial charge in [0.15, 0.2) is 0 Å². The van der Waals surface area contributed by atoms with Gasteiger partial charge in [0.1, 0.15) is 5.60 Å². The number of aliphatic hydroxyl groups is 1. The van der Waals surface area contributed by atoms with Gasteiger partial charge in [0.05, 0.1) is 0 Å². The van der Waals surface area contributed by atoms with Crippen LogP contribution >= 0.6 is 0 Å². The smallest absolute Gasteiger partial charge is 0.221 e. The first-order valence-corrected chi connectivity index (χ1v) is 5.91. The summed E-state index contributed by atoms with van der Waals surface area (Å²) in [4.78, 5) is 10.9. The molecule has 2 rings (SSSR count). The first-order chi connectivity index (χ1) is 8.10. The van der Waals surface area contributed by atoms with Gasteiger partial charge >= 0.3 is 0 Å². The van der Waals surface area contributed by atoms with Gasteiger partial charge in [-0.25, -0.2) is 0 Å². The van der Waals surface area contributed by atoms with Crippen molar-refractivity contribution in [2.45, 2.75) is 25.4 Å². The molecule has 1 aliphatic heterocycles. The number of rotatable bonds is 2. The fourth-order valence-electron chi connectivity index (χ4n) is 2.20. The van der Waals surface area contributed by atoms with E-state index < -0.39 is 5.60 Å². The molecule has 0 radical (unpaired) electrons. The average Bonchev–Trinajstić information content (AvgIpc) is 2.30. The molecule has 1 heterocycles. The minimum absolute atomic E-state index is 0.0872. The Morgan fingerprint density at radius 2 is 2.12 bits per heavy atom. The number of hydrogen-bond donors (Lipinski definition) is 3. The molecule has 1 fully saturated rings. The van der Waals surface area contributed by atoms with Gasteiger partial charge in [-0.05, 0) is 37.1 Å². The van der Waals surface area contributed by atoms with Crippen LogP contribution in [0, 0.1) is 0 Å². The Labute approximate surface area is 101 Å². The molecule has 1 atom stereocenters. The number of benzene rings is 1. The molecule has 1 saturated heterocycles. The van der Waals surface area contributed by atoms with Crippen LogP contribution in [0.4, 0.5) is 5.69 Å². The molecule has 0 aliphatic carbocycles. The van der Waals surface area contributed by atoms with E-state index >= 15 is 0 Å². The SMILES string of the molecule is CC(=O)Nc1ccc(C2(O)CCCNC2)cc1. The summed E-state index contributed by atoms with van der Waals surface area (Å²) < 4.78 is 0. The van der Waals surface area contributed by atoms with Crippen LogP contribution < -0.4 is 10.6 Å². The molecule has 4 nitrogen and oxygen atoms in total. The molecule has 92 valence electrons. The molecular weight excluding hydrogens is 216 g/mol. The molecule has 1 unspecified atom stereocenters. The second kappa shape index (κ2) is 4.85. The Kier molecular flexibility index (Phi) is 3.45. The van der Waals surface area contributed by atoms with Crippen molar-refractivity contribution in [3.8, 4) is 0 Å². The van der Waals surface area contributed by atoms with Gasteiger partial charge in [-0.2, -0.15) is 0 Å². The van der Waals surface area contributed by atoms with Gasteiger partial charge < -0.3 is 15.7 Å². The molecule has 1 aromatic carbocycles. The predicted molar refractivity (Wildman–Crippen MR) is 66.7 cm³/mol. The van der Waals surface area contributed by atoms with Crippen LogP contribution in [-0.2, 0) is 10.4 Å². The molecule has 0 spiro atoms. The number of carbonyl (C=O) groups is 1. The normalized spacial score (nSPS) is 24.4. The Bertz CT molecular complexity index is 394. The van der Waals surface area contributed by atoms with E-state index in [0.717, 1.165) is 30.6 Å². The van der Waals surface area contributed by atoms with Gasteiger partial charge in [-0.15, -0.1) is 0 Å². The summed E-state index contributed by atoms with van der Waals surface area (Å²) in [7, 11) is 0. The second-order valence-electron chi connectivity index (χ2n) is 4.57. The Balaban J connectivity index is 2.13. The standard InChI is InChI=1S/C13H18N2O2/c1-10(16)15-12-5-3-11(4-6-12)13(17)7-2-8-14-9-13/h3-6,14,17H,2,7-9H2,1H3,(H,15,16). The van der Waals surface area contributed by atoms with Crippen molar-refractivity contribution < 1.29 is 9.90 Å². The van der Waals surface area contributed by atoms with Crippen molar-refractivity contribution in [2.24, 2.45) is 0 Å². The quantitative estimate of drug-likeness (QED) is 0.721. The molecule has 3 N–H and O–H groups in total. The van der Waals surface area contributed by atoms with Crippen LogP contribution in [0.25, 0.3) is 0 Å². The summed E-state index contributed by atoms with van der Waals surface area (Å²) >= 11 is 0. The number of piperidine rings is 1. The highest BCUT2D eigenvalue weighted by atomic mass is 16.3. The maximum atomic E-state index is 10.9. The van der Waals surface area contributed by atoms with Crippen LogP contribution in [0.15, 0.2) is 24.3 Å². The third-order valence-corrected chi connectivity index (χ3v) is 3.10. The van der Waals surface area contributed by atoms with Crippen LogP contribution in [-0.4, -0.2) is 24.1 Å². The number of β-amino-alcohol motifs (C(OH)–C–C–N with tert-alkyl or cyclic N) is 1. The van der Waals surface area contributed by atoms with Crippen molar-refractivity contribution >= 4 is 11.6 Å². The second-order valence-corrected chi connectivity index (χ2v) is 4.57. The lowest BCUT2D eigenvalue weighted by Crippen LogP contribution is -2.43. The highest BCUT2D eigenvalue weighted by Crippen LogP contribution is 2.28. The summed E-state index contributed by atoms with van der Waals surface area (Å²) in [5.41, 5.74) is 0.889. The van der Waals surface area contributed by atoms with Gasteiger partial charge in [0.25, 0.3) is 0 Å². The monoisotopic (exact) mass is 234 g/mol. The van der Waals surface area contributed by atoms with E-state index in [1.54, 1.807) is 0 Å². The molecule has 1 amide bonds. The van der Waals surface area contributed by atoms with Crippen LogP contribution in [0.3, 0.4) is 0 Å². The Hall–Kier alpha value is -1.39. The van der Waals surface area contributed by atoms with Gasteiger partial charge in [0, 0.05) is 19.2 Å². The molecule has 4 heteroatoms. The highest BCUT2D eigenvalue weighted by Gasteiger charge is 2.30. The fraction of sp³-hybridized carbons (Fsp3) is 0.462. The van der Waals surface area contributed by atoms with Crippen LogP contribution in [0.2, 0.25) is 0 Å². The minimum atomic E-state index is -0.771. The summed E-state index contributed by atoms with van der Waals surface area (Å²) in [6.07, 6.45) is 1.75. The molecule has 0 aromatic heterocycles. The molecule has 1 aromatic rings. The van der Waals surface area contributed by atoms with E-state index in [2.05, 4.69) is 10.6 Å². The Morgan fingerprint density at radius 3 is 2.65 bits per heavy atom. The largest absolute Gasteiger partial charge is 0.384 e. The van der Waals surface area contributed by atoms with Gasteiger partial charge in [-0.1, -0.05) is 12.1 Å². The van der Waals surface area contributed by atoms with Crippen molar-refractivity contribution in [2.75, 3.05) is 18.4 Å². The lowest BCUT2D eigenvalue weighted by Gasteiger charge is -2.33. The summed E-state index contributed by atoms with van der Waals surface area (Å²) in [5, 5.41) is 16.4. The lowest BCUT2D eigenvalue weighted by molar-refractivity contribution is -0.114. The van der Waals surface area contributed by atoms with Gasteiger partial charge in [0.2, 0.25) is 5.91 Å². The van der Waals surface area contributed by atoms with Crippen molar-refractivity contribution in [1.82, 2.24) is 5.32 Å². The number of carbonyl (C=O) groups excluding carboxylic acids is 1. The number of nitrogens with one attached hydrogen (secondary N) is 2. The maximum absolute atomic E-state index is 10.9. The third-order valence-electron chi connectivity index (χ3n) is 3.10. The Morgan fingerprint density at radius 1 is 1.41 bits per heavy atom. The van der Waals surface area contributed by atoms with E-state index in [-0.39, 0.29) is 5.91 Å². The van der Waals surface area contributed by atoms with E-state index in [1.807, 2.05) is 24.3 Å². The van der Waals surface area contributed by atoms with Crippen molar-refractivity contribution in [3.63, 3.8) is 0 Å². The number of hydrogen-bond acceptors (Lipinski definition) is 3. The predicted octanol–water partition coefficient (Wildman–Crippen LogP) is 1.22. The van der Waals surface area contributed by atoms with Gasteiger partial charge in [-0.3, -0.25) is 4.79 Å². The first kappa shape index (κ1) is 12.1. The summed E-state index contributed by atoms with van der Waals surface area (Å²) in [5.74, 6) is -0.0872. The number of amides is 1. The fourth-order valence-corrected chi connectivity index (χ4v) is 2.20. The van der Waals surface area contributed by atoms with Crippen LogP contribution in [0.1, 0.15) is 25.3 Å². The first-order valence-electron chi connectivity index (χ1n) is 5.91. The topological polar surface area (TPSA) is 61.4 Å². The zero-order chi connectivity index (χ0) is 12.3. The maximum Gasteiger partial charge on any atom is 0.221 e. The van der Waals surface area contributed by atoms with Crippen molar-refractivity contribution in [1.29, 1.82) is 0 Å². The van der Waals surface area contributed by atoms with Crippen LogP contribution in [0.5, 0.6) is 0 Å². The molecule has 1 aliphatic rings. The summed E-state index contributed by atoms with van der Waals surface area (Å²) in [6, 6.07) is 7.39. The molecule has 0 saturated carbocycles. The van der Waals surface area contributed by atoms with E-state index in [4.69, 9.17) is 0 Å².